The molecule has 0 bridgehead atoms. The van der Waals surface area contributed by atoms with E-state index in [1.807, 2.05) is 6.08 Å². The van der Waals surface area contributed by atoms with E-state index in [0.29, 0.717) is 12.8 Å². The summed E-state index contributed by atoms with van der Waals surface area (Å²) < 4.78 is 16.6. The van der Waals surface area contributed by atoms with Gasteiger partial charge in [-0.05, 0) is 70.6 Å². The predicted octanol–water partition coefficient (Wildman–Crippen LogP) is 17.0. The Morgan fingerprint density at radius 2 is 0.683 bits per heavy atom. The SMILES string of the molecule is CC/C=C\C/C=C\C/C=C\C/C=C\C/C=C\CCCC(=O)OC(COC(=O)C/C=C\C/C=C\C/C=C\CC)COC(=O)CCCCCCCCCCCCCCCCCCCCC. The van der Waals surface area contributed by atoms with Crippen LogP contribution in [0.4, 0.5) is 0 Å². The molecule has 0 spiro atoms. The highest BCUT2D eigenvalue weighted by atomic mass is 16.6. The average Bonchev–Trinajstić information content (AvgIpc) is 3.28. The minimum atomic E-state index is -0.840. The summed E-state index contributed by atoms with van der Waals surface area (Å²) in [6, 6.07) is 0. The van der Waals surface area contributed by atoms with Crippen molar-refractivity contribution in [3.63, 3.8) is 0 Å². The minimum Gasteiger partial charge on any atom is -0.462 e. The highest BCUT2D eigenvalue weighted by Crippen LogP contribution is 2.15. The molecule has 0 aromatic carbocycles. The summed E-state index contributed by atoms with van der Waals surface area (Å²) in [7, 11) is 0. The van der Waals surface area contributed by atoms with E-state index in [2.05, 4.69) is 106 Å². The van der Waals surface area contributed by atoms with Crippen LogP contribution < -0.4 is 0 Å². The van der Waals surface area contributed by atoms with Gasteiger partial charge in [0.1, 0.15) is 13.2 Å². The molecular formula is C57H94O6. The van der Waals surface area contributed by atoms with Crippen LogP contribution in [0.3, 0.4) is 0 Å². The Kier molecular flexibility index (Phi) is 48.0. The van der Waals surface area contributed by atoms with Gasteiger partial charge in [-0.1, -0.05) is 234 Å². The number of hydrogen-bond donors (Lipinski definition) is 0. The number of rotatable bonds is 45. The quantitative estimate of drug-likeness (QED) is 0.0262. The zero-order valence-corrected chi connectivity index (χ0v) is 40.8. The van der Waals surface area contributed by atoms with Gasteiger partial charge in [0.15, 0.2) is 6.10 Å². The smallest absolute Gasteiger partial charge is 0.309 e. The molecule has 0 heterocycles. The molecule has 0 aliphatic carbocycles. The van der Waals surface area contributed by atoms with Crippen LogP contribution >= 0.6 is 0 Å². The van der Waals surface area contributed by atoms with Gasteiger partial charge in [0, 0.05) is 12.8 Å². The molecule has 0 saturated carbocycles. The Morgan fingerprint density at radius 3 is 1.10 bits per heavy atom. The maximum atomic E-state index is 12.7. The fourth-order valence-electron chi connectivity index (χ4n) is 6.83. The molecule has 0 rings (SSSR count). The van der Waals surface area contributed by atoms with E-state index in [9.17, 15) is 14.4 Å². The third-order valence-corrected chi connectivity index (χ3v) is 10.6. The zero-order valence-electron chi connectivity index (χ0n) is 40.8. The summed E-state index contributed by atoms with van der Waals surface area (Å²) in [6.07, 6.45) is 67.3. The van der Waals surface area contributed by atoms with Crippen LogP contribution in [0, 0.1) is 0 Å². The minimum absolute atomic E-state index is 0.122. The fraction of sp³-hybridized carbons (Fsp3) is 0.667. The first kappa shape index (κ1) is 59.3. The van der Waals surface area contributed by atoms with Gasteiger partial charge in [0.2, 0.25) is 0 Å². The summed E-state index contributed by atoms with van der Waals surface area (Å²) in [6.45, 7) is 6.26. The van der Waals surface area contributed by atoms with Crippen LogP contribution in [0.5, 0.6) is 0 Å². The van der Waals surface area contributed by atoms with Crippen LogP contribution in [0.25, 0.3) is 0 Å². The van der Waals surface area contributed by atoms with Gasteiger partial charge in [0.25, 0.3) is 0 Å². The number of ether oxygens (including phenoxy) is 3. The van der Waals surface area contributed by atoms with Crippen molar-refractivity contribution >= 4 is 17.9 Å². The molecule has 63 heavy (non-hydrogen) atoms. The van der Waals surface area contributed by atoms with E-state index in [1.54, 1.807) is 6.08 Å². The van der Waals surface area contributed by atoms with E-state index in [0.717, 1.165) is 77.0 Å². The van der Waals surface area contributed by atoms with Crippen LogP contribution in [0.2, 0.25) is 0 Å². The Morgan fingerprint density at radius 1 is 0.349 bits per heavy atom. The second-order valence-corrected chi connectivity index (χ2v) is 16.7. The van der Waals surface area contributed by atoms with E-state index in [4.69, 9.17) is 14.2 Å². The van der Waals surface area contributed by atoms with Crippen molar-refractivity contribution < 1.29 is 28.6 Å². The third-order valence-electron chi connectivity index (χ3n) is 10.6. The summed E-state index contributed by atoms with van der Waals surface area (Å²) in [5, 5.41) is 0. The van der Waals surface area contributed by atoms with Crippen LogP contribution in [0.1, 0.15) is 226 Å². The lowest BCUT2D eigenvalue weighted by Gasteiger charge is -2.18. The number of unbranched alkanes of at least 4 members (excludes halogenated alkanes) is 19. The molecule has 0 aliphatic heterocycles. The van der Waals surface area contributed by atoms with Crippen molar-refractivity contribution in [2.45, 2.75) is 232 Å². The van der Waals surface area contributed by atoms with Gasteiger partial charge < -0.3 is 14.2 Å². The molecule has 6 heteroatoms. The molecule has 0 fully saturated rings. The van der Waals surface area contributed by atoms with Gasteiger partial charge in [0.05, 0.1) is 6.42 Å². The molecule has 6 nitrogen and oxygen atoms in total. The summed E-state index contributed by atoms with van der Waals surface area (Å²) >= 11 is 0. The number of carbonyl (C=O) groups excluding carboxylic acids is 3. The molecule has 0 amide bonds. The fourth-order valence-corrected chi connectivity index (χ4v) is 6.83. The highest BCUT2D eigenvalue weighted by Gasteiger charge is 2.19. The second-order valence-electron chi connectivity index (χ2n) is 16.7. The molecule has 0 aromatic rings. The number of hydrogen-bond acceptors (Lipinski definition) is 6. The van der Waals surface area contributed by atoms with Gasteiger partial charge in [-0.25, -0.2) is 0 Å². The summed E-state index contributed by atoms with van der Waals surface area (Å²) in [5.74, 6) is -1.12. The molecule has 1 unspecified atom stereocenters. The predicted molar refractivity (Wildman–Crippen MR) is 270 cm³/mol. The topological polar surface area (TPSA) is 78.9 Å². The number of allylic oxidation sites excluding steroid dienone is 15. The van der Waals surface area contributed by atoms with E-state index >= 15 is 0 Å². The lowest BCUT2D eigenvalue weighted by Crippen LogP contribution is -2.30. The zero-order chi connectivity index (χ0) is 45.8. The number of esters is 3. The summed E-state index contributed by atoms with van der Waals surface area (Å²) in [5.41, 5.74) is 0. The summed E-state index contributed by atoms with van der Waals surface area (Å²) in [4.78, 5) is 37.8. The first-order valence-corrected chi connectivity index (χ1v) is 25.7. The Bertz CT molecular complexity index is 1280. The van der Waals surface area contributed by atoms with Crippen LogP contribution in [-0.4, -0.2) is 37.2 Å². The third kappa shape index (κ3) is 49.2. The molecule has 0 aromatic heterocycles. The normalized spacial score (nSPS) is 12.9. The first-order valence-electron chi connectivity index (χ1n) is 25.7. The van der Waals surface area contributed by atoms with E-state index in [1.165, 1.54) is 103 Å². The van der Waals surface area contributed by atoms with E-state index in [-0.39, 0.29) is 32.0 Å². The lowest BCUT2D eigenvalue weighted by atomic mass is 10.0. The van der Waals surface area contributed by atoms with Crippen molar-refractivity contribution in [2.75, 3.05) is 13.2 Å². The molecule has 0 saturated heterocycles. The lowest BCUT2D eigenvalue weighted by molar-refractivity contribution is -0.166. The molecule has 0 N–H and O–H groups in total. The van der Waals surface area contributed by atoms with Crippen LogP contribution in [0.15, 0.2) is 97.2 Å². The molecule has 0 radical (unpaired) electrons. The van der Waals surface area contributed by atoms with Crippen molar-refractivity contribution in [2.24, 2.45) is 0 Å². The Balaban J connectivity index is 4.42. The van der Waals surface area contributed by atoms with Crippen molar-refractivity contribution in [1.82, 2.24) is 0 Å². The van der Waals surface area contributed by atoms with Crippen molar-refractivity contribution in [1.29, 1.82) is 0 Å². The maximum absolute atomic E-state index is 12.7. The van der Waals surface area contributed by atoms with Gasteiger partial charge in [-0.15, -0.1) is 0 Å². The van der Waals surface area contributed by atoms with Gasteiger partial charge in [-0.2, -0.15) is 0 Å². The van der Waals surface area contributed by atoms with Crippen molar-refractivity contribution in [3.8, 4) is 0 Å². The van der Waals surface area contributed by atoms with Gasteiger partial charge >= 0.3 is 17.9 Å². The highest BCUT2D eigenvalue weighted by molar-refractivity contribution is 5.72. The Hall–Kier alpha value is -3.67. The average molecular weight is 875 g/mol. The van der Waals surface area contributed by atoms with E-state index < -0.39 is 18.0 Å². The molecule has 0 aliphatic rings. The van der Waals surface area contributed by atoms with Crippen LogP contribution in [-0.2, 0) is 28.6 Å². The maximum Gasteiger partial charge on any atom is 0.309 e. The standard InChI is InChI=1S/C57H94O6/c1-4-7-10-13-16-19-21-23-25-27-28-30-31-33-35-38-41-44-47-50-56(59)62-53-54(52-61-55(58)49-46-43-40-37-18-15-12-9-6-3)63-57(60)51-48-45-42-39-36-34-32-29-26-24-22-20-17-14-11-8-5-2/h8-9,11-12,17-18,20,24,26,32,34,37,39,42-43,46,54H,4-7,10,13-16,19,21-23,25,27-31,33,35-36,38,40-41,44-45,47-53H2,1-3H3/b11-8-,12-9-,20-17-,26-24-,34-32-,37-18-,42-39-,46-43-. The second kappa shape index (κ2) is 51.0. The molecule has 1 atom stereocenters. The number of carbonyl (C=O) groups is 3. The molecular weight excluding hydrogens is 781 g/mol. The van der Waals surface area contributed by atoms with Gasteiger partial charge in [-0.3, -0.25) is 14.4 Å². The first-order chi connectivity index (χ1) is 31.0. The monoisotopic (exact) mass is 875 g/mol. The Labute approximate surface area is 387 Å². The molecule has 358 valence electrons. The van der Waals surface area contributed by atoms with Crippen molar-refractivity contribution in [3.05, 3.63) is 97.2 Å². The largest absolute Gasteiger partial charge is 0.462 e.